The first kappa shape index (κ1) is 15.0. The van der Waals surface area contributed by atoms with E-state index in [-0.39, 0.29) is 18.1 Å². The van der Waals surface area contributed by atoms with Gasteiger partial charge in [0.15, 0.2) is 0 Å². The van der Waals surface area contributed by atoms with Crippen molar-refractivity contribution in [1.82, 2.24) is 4.90 Å². The Morgan fingerprint density at radius 2 is 1.95 bits per heavy atom. The summed E-state index contributed by atoms with van der Waals surface area (Å²) in [6.07, 6.45) is 0.0723. The fourth-order valence-corrected chi connectivity index (χ4v) is 2.20. The van der Waals surface area contributed by atoms with Crippen LogP contribution >= 0.6 is 0 Å². The summed E-state index contributed by atoms with van der Waals surface area (Å²) in [5.41, 5.74) is 7.81. The van der Waals surface area contributed by atoms with Crippen molar-refractivity contribution >= 4 is 11.6 Å². The molecule has 0 fully saturated rings. The van der Waals surface area contributed by atoms with Gasteiger partial charge in [-0.25, -0.2) is 4.39 Å². The predicted molar refractivity (Wildman–Crippen MR) is 82.0 cm³/mol. The van der Waals surface area contributed by atoms with E-state index < -0.39 is 0 Å². The highest BCUT2D eigenvalue weighted by Crippen LogP contribution is 2.13. The van der Waals surface area contributed by atoms with E-state index in [1.165, 1.54) is 6.07 Å². The molecule has 110 valence electrons. The molecule has 0 saturated heterocycles. The first-order valence-electron chi connectivity index (χ1n) is 6.95. The summed E-state index contributed by atoms with van der Waals surface area (Å²) in [4.78, 5) is 14.0. The number of halogens is 1. The lowest BCUT2D eigenvalue weighted by Crippen LogP contribution is -2.31. The molecule has 2 N–H and O–H groups in total. The standard InChI is InChI=1S/C17H19FN2O/c1-2-20(12-13-6-5-8-15(19)10-13)17(21)11-14-7-3-4-9-16(14)18/h3-10H,2,11-12,19H2,1H3. The fraction of sp³-hybridized carbons (Fsp3) is 0.235. The van der Waals surface area contributed by atoms with Crippen molar-refractivity contribution in [2.24, 2.45) is 0 Å². The molecule has 1 amide bonds. The van der Waals surface area contributed by atoms with Crippen LogP contribution in [0.1, 0.15) is 18.1 Å². The summed E-state index contributed by atoms with van der Waals surface area (Å²) in [6.45, 7) is 2.96. The first-order chi connectivity index (χ1) is 10.1. The Labute approximate surface area is 124 Å². The summed E-state index contributed by atoms with van der Waals surface area (Å²) >= 11 is 0. The Morgan fingerprint density at radius 1 is 1.19 bits per heavy atom. The van der Waals surface area contributed by atoms with E-state index in [9.17, 15) is 9.18 Å². The molecule has 0 aliphatic rings. The summed E-state index contributed by atoms with van der Waals surface area (Å²) in [5, 5.41) is 0. The van der Waals surface area contributed by atoms with Crippen molar-refractivity contribution in [3.8, 4) is 0 Å². The smallest absolute Gasteiger partial charge is 0.227 e. The lowest BCUT2D eigenvalue weighted by Gasteiger charge is -2.21. The van der Waals surface area contributed by atoms with Crippen molar-refractivity contribution in [2.75, 3.05) is 12.3 Å². The maximum Gasteiger partial charge on any atom is 0.227 e. The Morgan fingerprint density at radius 3 is 2.62 bits per heavy atom. The van der Waals surface area contributed by atoms with Gasteiger partial charge in [0.2, 0.25) is 5.91 Å². The van der Waals surface area contributed by atoms with Crippen molar-refractivity contribution in [2.45, 2.75) is 19.9 Å². The summed E-state index contributed by atoms with van der Waals surface area (Å²) in [6, 6.07) is 13.8. The van der Waals surface area contributed by atoms with Gasteiger partial charge in [0.05, 0.1) is 6.42 Å². The van der Waals surface area contributed by atoms with Gasteiger partial charge in [-0.1, -0.05) is 30.3 Å². The van der Waals surface area contributed by atoms with Gasteiger partial charge in [-0.3, -0.25) is 4.79 Å². The monoisotopic (exact) mass is 286 g/mol. The van der Waals surface area contributed by atoms with Crippen molar-refractivity contribution in [3.05, 3.63) is 65.5 Å². The number of carbonyl (C=O) groups is 1. The summed E-state index contributed by atoms with van der Waals surface area (Å²) in [5.74, 6) is -0.434. The number of carbonyl (C=O) groups excluding carboxylic acids is 1. The van der Waals surface area contributed by atoms with Gasteiger partial charge >= 0.3 is 0 Å². The highest BCUT2D eigenvalue weighted by molar-refractivity contribution is 5.78. The van der Waals surface area contributed by atoms with E-state index in [1.54, 1.807) is 29.2 Å². The molecular formula is C17H19FN2O. The number of nitrogens with zero attached hydrogens (tertiary/aromatic N) is 1. The Kier molecular flexibility index (Phi) is 4.93. The Balaban J connectivity index is 2.07. The molecule has 0 saturated carbocycles. The molecule has 2 aromatic carbocycles. The van der Waals surface area contributed by atoms with Crippen LogP contribution in [0, 0.1) is 5.82 Å². The molecule has 0 heterocycles. The van der Waals surface area contributed by atoms with Crippen LogP contribution in [-0.2, 0) is 17.8 Å². The zero-order valence-corrected chi connectivity index (χ0v) is 12.1. The normalized spacial score (nSPS) is 10.4. The molecule has 0 radical (unpaired) electrons. The van der Waals surface area contributed by atoms with Gasteiger partial charge in [0.1, 0.15) is 5.82 Å². The van der Waals surface area contributed by atoms with Gasteiger partial charge in [-0.15, -0.1) is 0 Å². The first-order valence-corrected chi connectivity index (χ1v) is 6.95. The van der Waals surface area contributed by atoms with Crippen LogP contribution < -0.4 is 5.73 Å². The molecule has 4 heteroatoms. The van der Waals surface area contributed by atoms with E-state index in [1.807, 2.05) is 25.1 Å². The third-order valence-corrected chi connectivity index (χ3v) is 3.36. The number of hydrogen-bond acceptors (Lipinski definition) is 2. The average molecular weight is 286 g/mol. The molecule has 0 unspecified atom stereocenters. The van der Waals surface area contributed by atoms with Crippen LogP contribution in [0.2, 0.25) is 0 Å². The molecule has 0 aliphatic heterocycles. The summed E-state index contributed by atoms with van der Waals surface area (Å²) in [7, 11) is 0. The topological polar surface area (TPSA) is 46.3 Å². The van der Waals surface area contributed by atoms with Crippen molar-refractivity contribution < 1.29 is 9.18 Å². The van der Waals surface area contributed by atoms with Crippen LogP contribution in [-0.4, -0.2) is 17.4 Å². The highest BCUT2D eigenvalue weighted by atomic mass is 19.1. The van der Waals surface area contributed by atoms with Crippen LogP contribution in [0.25, 0.3) is 0 Å². The highest BCUT2D eigenvalue weighted by Gasteiger charge is 2.14. The van der Waals surface area contributed by atoms with E-state index in [0.29, 0.717) is 24.3 Å². The third kappa shape index (κ3) is 4.05. The Hall–Kier alpha value is -2.36. The lowest BCUT2D eigenvalue weighted by molar-refractivity contribution is -0.130. The number of amides is 1. The van der Waals surface area contributed by atoms with E-state index >= 15 is 0 Å². The van der Waals surface area contributed by atoms with Gasteiger partial charge in [-0.2, -0.15) is 0 Å². The zero-order valence-electron chi connectivity index (χ0n) is 12.1. The van der Waals surface area contributed by atoms with E-state index in [4.69, 9.17) is 5.73 Å². The number of nitrogens with two attached hydrogens (primary N) is 1. The number of rotatable bonds is 5. The predicted octanol–water partition coefficient (Wildman–Crippen LogP) is 3.00. The Bertz CT molecular complexity index is 628. The quantitative estimate of drug-likeness (QED) is 0.859. The number of hydrogen-bond donors (Lipinski definition) is 1. The number of nitrogen functional groups attached to an aromatic ring is 1. The number of benzene rings is 2. The second-order valence-corrected chi connectivity index (χ2v) is 4.92. The SMILES string of the molecule is CCN(Cc1cccc(N)c1)C(=O)Cc1ccccc1F. The maximum atomic E-state index is 13.6. The largest absolute Gasteiger partial charge is 0.399 e. The molecule has 3 nitrogen and oxygen atoms in total. The molecule has 0 aliphatic carbocycles. The minimum Gasteiger partial charge on any atom is -0.399 e. The molecular weight excluding hydrogens is 267 g/mol. The average Bonchev–Trinajstić information content (AvgIpc) is 2.47. The molecule has 0 spiro atoms. The molecule has 21 heavy (non-hydrogen) atoms. The summed E-state index contributed by atoms with van der Waals surface area (Å²) < 4.78 is 13.6. The van der Waals surface area contributed by atoms with Gasteiger partial charge in [0, 0.05) is 18.8 Å². The van der Waals surface area contributed by atoms with Crippen molar-refractivity contribution in [1.29, 1.82) is 0 Å². The van der Waals surface area contributed by atoms with Crippen LogP contribution in [0.4, 0.5) is 10.1 Å². The fourth-order valence-electron chi connectivity index (χ4n) is 2.20. The second-order valence-electron chi connectivity index (χ2n) is 4.92. The van der Waals surface area contributed by atoms with Crippen LogP contribution in [0.15, 0.2) is 48.5 Å². The van der Waals surface area contributed by atoms with E-state index in [2.05, 4.69) is 0 Å². The number of anilines is 1. The van der Waals surface area contributed by atoms with Crippen LogP contribution in [0.3, 0.4) is 0 Å². The van der Waals surface area contributed by atoms with Crippen molar-refractivity contribution in [3.63, 3.8) is 0 Å². The van der Waals surface area contributed by atoms with Gasteiger partial charge < -0.3 is 10.6 Å². The number of likely N-dealkylation sites (N-methyl/N-ethyl adjacent to an activating group) is 1. The second kappa shape index (κ2) is 6.88. The molecule has 2 rings (SSSR count). The third-order valence-electron chi connectivity index (χ3n) is 3.36. The van der Waals surface area contributed by atoms with E-state index in [0.717, 1.165) is 5.56 Å². The molecule has 0 atom stereocenters. The minimum atomic E-state index is -0.342. The van der Waals surface area contributed by atoms with Crippen LogP contribution in [0.5, 0.6) is 0 Å². The van der Waals surface area contributed by atoms with Gasteiger partial charge in [0.25, 0.3) is 0 Å². The maximum absolute atomic E-state index is 13.6. The minimum absolute atomic E-state index is 0.0723. The molecule has 0 bridgehead atoms. The molecule has 2 aromatic rings. The van der Waals surface area contributed by atoms with Gasteiger partial charge in [-0.05, 0) is 36.2 Å². The zero-order chi connectivity index (χ0) is 15.2. The molecule has 0 aromatic heterocycles. The lowest BCUT2D eigenvalue weighted by atomic mass is 10.1.